The van der Waals surface area contributed by atoms with Gasteiger partial charge in [0.25, 0.3) is 5.91 Å². The van der Waals surface area contributed by atoms with Crippen LogP contribution in [0.1, 0.15) is 51.1 Å². The Morgan fingerprint density at radius 3 is 2.52 bits per heavy atom. The maximum atomic E-state index is 12.8. The van der Waals surface area contributed by atoms with E-state index in [-0.39, 0.29) is 11.7 Å². The second-order valence-electron chi connectivity index (χ2n) is 7.54. The molecular weight excluding hydrogens is 362 g/mol. The molecule has 0 aromatic heterocycles. The normalized spacial score (nSPS) is 18.2. The van der Waals surface area contributed by atoms with Crippen molar-refractivity contribution in [1.82, 2.24) is 4.90 Å². The lowest BCUT2D eigenvalue weighted by Gasteiger charge is -2.44. The molecule has 2 aliphatic rings. The average Bonchev–Trinajstić information content (AvgIpc) is 2.66. The topological polar surface area (TPSA) is 46.6 Å². The number of carbonyl (C=O) groups is 2. The molecular formula is C22H22ClNO3. The fourth-order valence-electron chi connectivity index (χ4n) is 3.98. The number of ketones is 1. The Bertz CT molecular complexity index is 929. The van der Waals surface area contributed by atoms with Gasteiger partial charge in [0.2, 0.25) is 0 Å². The minimum atomic E-state index is -0.514. The maximum Gasteiger partial charge on any atom is 0.255 e. The van der Waals surface area contributed by atoms with Gasteiger partial charge < -0.3 is 9.64 Å². The van der Waals surface area contributed by atoms with E-state index in [0.29, 0.717) is 48.5 Å². The summed E-state index contributed by atoms with van der Waals surface area (Å²) in [7, 11) is 0. The van der Waals surface area contributed by atoms with Gasteiger partial charge in [-0.15, -0.1) is 0 Å². The number of carbonyl (C=O) groups excluding carboxylic acids is 2. The van der Waals surface area contributed by atoms with E-state index >= 15 is 0 Å². The van der Waals surface area contributed by atoms with Crippen molar-refractivity contribution < 1.29 is 14.3 Å². The number of fused-ring (bicyclic) bond motifs is 1. The van der Waals surface area contributed by atoms with Gasteiger partial charge in [-0.3, -0.25) is 9.59 Å². The van der Waals surface area contributed by atoms with Crippen molar-refractivity contribution >= 4 is 23.3 Å². The van der Waals surface area contributed by atoms with Gasteiger partial charge >= 0.3 is 0 Å². The molecule has 0 atom stereocenters. The maximum absolute atomic E-state index is 12.8. The van der Waals surface area contributed by atoms with Crippen LogP contribution in [0.25, 0.3) is 0 Å². The summed E-state index contributed by atoms with van der Waals surface area (Å²) in [6, 6.07) is 10.9. The van der Waals surface area contributed by atoms with Crippen molar-refractivity contribution in [3.05, 3.63) is 63.7 Å². The van der Waals surface area contributed by atoms with E-state index in [2.05, 4.69) is 0 Å². The van der Waals surface area contributed by atoms with Crippen LogP contribution in [0.15, 0.2) is 36.4 Å². The summed E-state index contributed by atoms with van der Waals surface area (Å²) in [4.78, 5) is 27.3. The number of nitrogens with zero attached hydrogens (tertiary/aromatic N) is 1. The first kappa shape index (κ1) is 18.1. The molecule has 5 heteroatoms. The first-order valence-electron chi connectivity index (χ1n) is 9.26. The van der Waals surface area contributed by atoms with Crippen LogP contribution in [0.4, 0.5) is 0 Å². The van der Waals surface area contributed by atoms with Crippen LogP contribution in [-0.4, -0.2) is 35.3 Å². The summed E-state index contributed by atoms with van der Waals surface area (Å²) in [6.07, 6.45) is 1.65. The van der Waals surface area contributed by atoms with Crippen LogP contribution < -0.4 is 4.74 Å². The summed E-state index contributed by atoms with van der Waals surface area (Å²) in [5.74, 6) is 0.785. The van der Waals surface area contributed by atoms with Crippen LogP contribution in [0, 0.1) is 13.8 Å². The van der Waals surface area contributed by atoms with E-state index in [9.17, 15) is 9.59 Å². The minimum Gasteiger partial charge on any atom is -0.486 e. The Hall–Kier alpha value is -2.33. The lowest BCUT2D eigenvalue weighted by atomic mass is 9.81. The van der Waals surface area contributed by atoms with E-state index in [1.54, 1.807) is 17.0 Å². The Kier molecular flexibility index (Phi) is 4.47. The number of piperidine rings is 1. The Balaban J connectivity index is 1.54. The molecule has 1 saturated heterocycles. The van der Waals surface area contributed by atoms with E-state index < -0.39 is 5.60 Å². The van der Waals surface area contributed by atoms with Crippen molar-refractivity contribution in [1.29, 1.82) is 0 Å². The molecule has 2 aromatic rings. The van der Waals surface area contributed by atoms with Crippen LogP contribution in [0.3, 0.4) is 0 Å². The predicted octanol–water partition coefficient (Wildman–Crippen LogP) is 4.60. The van der Waals surface area contributed by atoms with Crippen LogP contribution in [0.5, 0.6) is 5.75 Å². The molecule has 2 aliphatic heterocycles. The number of Topliss-reactive ketones (excluding diaryl/α,β-unsaturated/α-hetero) is 1. The van der Waals surface area contributed by atoms with Crippen molar-refractivity contribution in [3.63, 3.8) is 0 Å². The highest BCUT2D eigenvalue weighted by molar-refractivity contribution is 6.33. The largest absolute Gasteiger partial charge is 0.486 e. The highest BCUT2D eigenvalue weighted by Gasteiger charge is 2.44. The van der Waals surface area contributed by atoms with Gasteiger partial charge in [0.1, 0.15) is 11.4 Å². The molecule has 4 nitrogen and oxygen atoms in total. The monoisotopic (exact) mass is 383 g/mol. The Labute approximate surface area is 164 Å². The van der Waals surface area contributed by atoms with Crippen molar-refractivity contribution in [2.45, 2.75) is 38.7 Å². The van der Waals surface area contributed by atoms with Crippen molar-refractivity contribution in [3.8, 4) is 5.75 Å². The summed E-state index contributed by atoms with van der Waals surface area (Å²) in [6.45, 7) is 5.13. The average molecular weight is 384 g/mol. The molecule has 4 rings (SSSR count). The third-order valence-electron chi connectivity index (χ3n) is 5.84. The molecule has 0 unspecified atom stereocenters. The van der Waals surface area contributed by atoms with Gasteiger partial charge in [-0.05, 0) is 43.2 Å². The SMILES string of the molecule is Cc1ccc2c(c1C)OC1(CCN(C(=O)c3ccccc3Cl)CC1)CC2=O. The van der Waals surface area contributed by atoms with E-state index in [0.717, 1.165) is 16.9 Å². The number of benzene rings is 2. The third-order valence-corrected chi connectivity index (χ3v) is 6.17. The smallest absolute Gasteiger partial charge is 0.255 e. The molecule has 27 heavy (non-hydrogen) atoms. The quantitative estimate of drug-likeness (QED) is 0.723. The molecule has 1 amide bonds. The fraction of sp³-hybridized carbons (Fsp3) is 0.364. The first-order valence-corrected chi connectivity index (χ1v) is 9.64. The molecule has 0 radical (unpaired) electrons. The highest BCUT2D eigenvalue weighted by Crippen LogP contribution is 2.42. The lowest BCUT2D eigenvalue weighted by molar-refractivity contribution is -0.00619. The Morgan fingerprint density at radius 1 is 1.11 bits per heavy atom. The van der Waals surface area contributed by atoms with E-state index in [1.807, 2.05) is 38.1 Å². The number of likely N-dealkylation sites (tertiary alicyclic amines) is 1. The second kappa shape index (κ2) is 6.68. The first-order chi connectivity index (χ1) is 12.9. The number of amides is 1. The summed E-state index contributed by atoms with van der Waals surface area (Å²) in [5.41, 5.74) is 2.82. The number of hydrogen-bond acceptors (Lipinski definition) is 3. The van der Waals surface area contributed by atoms with Gasteiger partial charge in [-0.1, -0.05) is 29.8 Å². The number of halogens is 1. The second-order valence-corrected chi connectivity index (χ2v) is 7.95. The van der Waals surface area contributed by atoms with Crippen molar-refractivity contribution in [2.24, 2.45) is 0 Å². The number of aryl methyl sites for hydroxylation is 1. The zero-order chi connectivity index (χ0) is 19.2. The zero-order valence-corrected chi connectivity index (χ0v) is 16.3. The Morgan fingerprint density at radius 2 is 1.81 bits per heavy atom. The summed E-state index contributed by atoms with van der Waals surface area (Å²) >= 11 is 6.17. The van der Waals surface area contributed by atoms with Gasteiger partial charge in [0, 0.05) is 25.9 Å². The number of rotatable bonds is 1. The molecule has 1 fully saturated rings. The third kappa shape index (κ3) is 3.12. The fourth-order valence-corrected chi connectivity index (χ4v) is 4.20. The number of ether oxygens (including phenoxy) is 1. The van der Waals surface area contributed by atoms with Gasteiger partial charge in [-0.2, -0.15) is 0 Å². The predicted molar refractivity (Wildman–Crippen MR) is 105 cm³/mol. The molecule has 2 heterocycles. The lowest BCUT2D eigenvalue weighted by Crippen LogP contribution is -2.52. The molecule has 0 aliphatic carbocycles. The van der Waals surface area contributed by atoms with Crippen LogP contribution in [0.2, 0.25) is 5.02 Å². The number of hydrogen-bond donors (Lipinski definition) is 0. The van der Waals surface area contributed by atoms with E-state index in [1.165, 1.54) is 0 Å². The van der Waals surface area contributed by atoms with E-state index in [4.69, 9.17) is 16.3 Å². The molecule has 0 bridgehead atoms. The molecule has 140 valence electrons. The summed E-state index contributed by atoms with van der Waals surface area (Å²) < 4.78 is 6.42. The highest BCUT2D eigenvalue weighted by atomic mass is 35.5. The minimum absolute atomic E-state index is 0.0648. The zero-order valence-electron chi connectivity index (χ0n) is 15.5. The van der Waals surface area contributed by atoms with Gasteiger partial charge in [-0.25, -0.2) is 0 Å². The van der Waals surface area contributed by atoms with Crippen molar-refractivity contribution in [2.75, 3.05) is 13.1 Å². The molecule has 0 saturated carbocycles. The van der Waals surface area contributed by atoms with Crippen LogP contribution >= 0.6 is 11.6 Å². The molecule has 2 aromatic carbocycles. The molecule has 0 N–H and O–H groups in total. The van der Waals surface area contributed by atoms with Gasteiger partial charge in [0.05, 0.1) is 22.6 Å². The summed E-state index contributed by atoms with van der Waals surface area (Å²) in [5, 5.41) is 0.465. The standard InChI is InChI=1S/C22H22ClNO3/c1-14-7-8-17-19(25)13-22(27-20(17)15(14)2)9-11-24(12-10-22)21(26)16-5-3-4-6-18(16)23/h3-8H,9-13H2,1-2H3. The van der Waals surface area contributed by atoms with Crippen LogP contribution in [-0.2, 0) is 0 Å². The van der Waals surface area contributed by atoms with Gasteiger partial charge in [0.15, 0.2) is 5.78 Å². The molecule has 1 spiro atoms.